The second kappa shape index (κ2) is 7.55. The number of ether oxygens (including phenoxy) is 3. The van der Waals surface area contributed by atoms with Crippen LogP contribution in [0.15, 0.2) is 47.4 Å². The van der Waals surface area contributed by atoms with E-state index in [2.05, 4.69) is 0 Å². The van der Waals surface area contributed by atoms with E-state index in [0.29, 0.717) is 22.8 Å². The molecule has 0 N–H and O–H groups in total. The first-order chi connectivity index (χ1) is 11.4. The van der Waals surface area contributed by atoms with Crippen molar-refractivity contribution in [3.63, 3.8) is 0 Å². The summed E-state index contributed by atoms with van der Waals surface area (Å²) >= 11 is 0. The Morgan fingerprint density at radius 1 is 0.875 bits per heavy atom. The molecule has 0 bridgehead atoms. The molecular formula is C17H21NO5S. The molecule has 0 aromatic heterocycles. The van der Waals surface area contributed by atoms with Crippen molar-refractivity contribution < 1.29 is 22.6 Å². The van der Waals surface area contributed by atoms with Gasteiger partial charge in [-0.15, -0.1) is 0 Å². The summed E-state index contributed by atoms with van der Waals surface area (Å²) in [5.74, 6) is 1.75. The quantitative estimate of drug-likeness (QED) is 0.767. The van der Waals surface area contributed by atoms with Crippen molar-refractivity contribution in [1.82, 2.24) is 4.31 Å². The van der Waals surface area contributed by atoms with Crippen molar-refractivity contribution >= 4 is 10.0 Å². The second-order valence-corrected chi connectivity index (χ2v) is 7.12. The first kappa shape index (κ1) is 18.1. The van der Waals surface area contributed by atoms with Gasteiger partial charge in [0.1, 0.15) is 17.2 Å². The van der Waals surface area contributed by atoms with Crippen LogP contribution in [0.3, 0.4) is 0 Å². The molecule has 0 amide bonds. The van der Waals surface area contributed by atoms with Gasteiger partial charge in [-0.05, 0) is 36.4 Å². The zero-order chi connectivity index (χ0) is 17.7. The van der Waals surface area contributed by atoms with Crippen molar-refractivity contribution in [2.75, 3.05) is 28.4 Å². The van der Waals surface area contributed by atoms with Crippen LogP contribution >= 0.6 is 0 Å². The molecule has 7 heteroatoms. The normalized spacial score (nSPS) is 11.4. The first-order valence-electron chi connectivity index (χ1n) is 7.24. The maximum Gasteiger partial charge on any atom is 0.243 e. The lowest BCUT2D eigenvalue weighted by Crippen LogP contribution is -2.27. The van der Waals surface area contributed by atoms with Crippen LogP contribution < -0.4 is 14.2 Å². The third-order valence-corrected chi connectivity index (χ3v) is 5.50. The van der Waals surface area contributed by atoms with Gasteiger partial charge in [0, 0.05) is 13.6 Å². The number of methoxy groups -OCH3 is 3. The van der Waals surface area contributed by atoms with Crippen LogP contribution in [0, 0.1) is 0 Å². The monoisotopic (exact) mass is 351 g/mol. The number of hydrogen-bond donors (Lipinski definition) is 0. The molecular weight excluding hydrogens is 330 g/mol. The lowest BCUT2D eigenvalue weighted by atomic mass is 10.1. The number of hydrogen-bond acceptors (Lipinski definition) is 5. The van der Waals surface area contributed by atoms with E-state index in [9.17, 15) is 8.42 Å². The van der Waals surface area contributed by atoms with E-state index in [1.807, 2.05) is 0 Å². The molecule has 0 fully saturated rings. The smallest absolute Gasteiger partial charge is 0.243 e. The molecule has 0 aliphatic heterocycles. The Labute approximate surface area is 142 Å². The second-order valence-electron chi connectivity index (χ2n) is 5.08. The number of nitrogens with zero attached hydrogens (tertiary/aromatic N) is 1. The largest absolute Gasteiger partial charge is 0.497 e. The molecule has 130 valence electrons. The summed E-state index contributed by atoms with van der Waals surface area (Å²) in [6, 6.07) is 11.6. The minimum Gasteiger partial charge on any atom is -0.497 e. The SMILES string of the molecule is COc1ccc(S(=O)(=O)N(C)Cc2c(OC)cccc2OC)cc1. The fraction of sp³-hybridized carbons (Fsp3) is 0.294. The average Bonchev–Trinajstić information content (AvgIpc) is 2.61. The van der Waals surface area contributed by atoms with Crippen molar-refractivity contribution in [1.29, 1.82) is 0 Å². The van der Waals surface area contributed by atoms with Gasteiger partial charge in [-0.3, -0.25) is 0 Å². The van der Waals surface area contributed by atoms with E-state index >= 15 is 0 Å². The molecule has 0 atom stereocenters. The lowest BCUT2D eigenvalue weighted by Gasteiger charge is -2.20. The van der Waals surface area contributed by atoms with Crippen LogP contribution in [0.4, 0.5) is 0 Å². The summed E-state index contributed by atoms with van der Waals surface area (Å²) in [6.45, 7) is 0.127. The molecule has 0 spiro atoms. The minimum absolute atomic E-state index is 0.127. The Morgan fingerprint density at radius 3 is 1.88 bits per heavy atom. The molecule has 6 nitrogen and oxygen atoms in total. The standard InChI is InChI=1S/C17H21NO5S/c1-18(12-15-16(22-3)6-5-7-17(15)23-4)24(19,20)14-10-8-13(21-2)9-11-14/h5-11H,12H2,1-4H3. The van der Waals surface area contributed by atoms with E-state index in [4.69, 9.17) is 14.2 Å². The summed E-state index contributed by atoms with van der Waals surface area (Å²) < 4.78 is 42.4. The summed E-state index contributed by atoms with van der Waals surface area (Å²) in [5, 5.41) is 0. The Hall–Kier alpha value is -2.25. The maximum absolute atomic E-state index is 12.7. The fourth-order valence-corrected chi connectivity index (χ4v) is 3.46. The number of sulfonamides is 1. The van der Waals surface area contributed by atoms with Crippen LogP contribution in [-0.4, -0.2) is 41.1 Å². The number of rotatable bonds is 7. The predicted molar refractivity (Wildman–Crippen MR) is 91.2 cm³/mol. The molecule has 0 aliphatic rings. The van der Waals surface area contributed by atoms with E-state index in [0.717, 1.165) is 0 Å². The van der Waals surface area contributed by atoms with Gasteiger partial charge < -0.3 is 14.2 Å². The van der Waals surface area contributed by atoms with Gasteiger partial charge in [-0.25, -0.2) is 8.42 Å². The van der Waals surface area contributed by atoms with Crippen molar-refractivity contribution in [2.45, 2.75) is 11.4 Å². The average molecular weight is 351 g/mol. The van der Waals surface area contributed by atoms with Crippen LogP contribution in [-0.2, 0) is 16.6 Å². The predicted octanol–water partition coefficient (Wildman–Crippen LogP) is 2.53. The molecule has 0 saturated heterocycles. The van der Waals surface area contributed by atoms with Gasteiger partial charge in [0.25, 0.3) is 0 Å². The highest BCUT2D eigenvalue weighted by atomic mass is 32.2. The van der Waals surface area contributed by atoms with E-state index < -0.39 is 10.0 Å². The van der Waals surface area contributed by atoms with Gasteiger partial charge in [0.05, 0.1) is 31.8 Å². The van der Waals surface area contributed by atoms with Gasteiger partial charge in [0.15, 0.2) is 0 Å². The molecule has 0 saturated carbocycles. The van der Waals surface area contributed by atoms with Gasteiger partial charge in [0.2, 0.25) is 10.0 Å². The van der Waals surface area contributed by atoms with Crippen LogP contribution in [0.5, 0.6) is 17.2 Å². The van der Waals surface area contributed by atoms with Gasteiger partial charge in [-0.1, -0.05) is 6.07 Å². The summed E-state index contributed by atoms with van der Waals surface area (Å²) in [5.41, 5.74) is 0.669. The summed E-state index contributed by atoms with van der Waals surface area (Å²) in [7, 11) is 2.48. The van der Waals surface area contributed by atoms with Crippen LogP contribution in [0.1, 0.15) is 5.56 Å². The number of benzene rings is 2. The van der Waals surface area contributed by atoms with Crippen LogP contribution in [0.25, 0.3) is 0 Å². The molecule has 0 unspecified atom stereocenters. The highest BCUT2D eigenvalue weighted by molar-refractivity contribution is 7.89. The Bertz CT molecular complexity index is 765. The maximum atomic E-state index is 12.7. The van der Waals surface area contributed by atoms with Crippen molar-refractivity contribution in [3.8, 4) is 17.2 Å². The molecule has 2 rings (SSSR count). The third kappa shape index (κ3) is 3.63. The molecule has 0 heterocycles. The van der Waals surface area contributed by atoms with Crippen molar-refractivity contribution in [2.24, 2.45) is 0 Å². The zero-order valence-corrected chi connectivity index (χ0v) is 15.0. The Balaban J connectivity index is 2.33. The molecule has 24 heavy (non-hydrogen) atoms. The van der Waals surface area contributed by atoms with E-state index in [1.54, 1.807) is 30.3 Å². The molecule has 2 aromatic rings. The minimum atomic E-state index is -3.65. The molecule has 2 aromatic carbocycles. The highest BCUT2D eigenvalue weighted by Crippen LogP contribution is 2.31. The van der Waals surface area contributed by atoms with E-state index in [-0.39, 0.29) is 11.4 Å². The molecule has 0 aliphatic carbocycles. The molecule has 0 radical (unpaired) electrons. The van der Waals surface area contributed by atoms with Gasteiger partial charge >= 0.3 is 0 Å². The van der Waals surface area contributed by atoms with E-state index in [1.165, 1.54) is 44.8 Å². The summed E-state index contributed by atoms with van der Waals surface area (Å²) in [4.78, 5) is 0.194. The Kier molecular flexibility index (Phi) is 5.69. The third-order valence-electron chi connectivity index (χ3n) is 3.68. The first-order valence-corrected chi connectivity index (χ1v) is 8.68. The topological polar surface area (TPSA) is 65.1 Å². The fourth-order valence-electron chi connectivity index (χ4n) is 2.32. The lowest BCUT2D eigenvalue weighted by molar-refractivity contribution is 0.371. The summed E-state index contributed by atoms with van der Waals surface area (Å²) in [6.07, 6.45) is 0. The zero-order valence-electron chi connectivity index (χ0n) is 14.1. The van der Waals surface area contributed by atoms with Gasteiger partial charge in [-0.2, -0.15) is 4.31 Å². The Morgan fingerprint density at radius 2 is 1.42 bits per heavy atom. The highest BCUT2D eigenvalue weighted by Gasteiger charge is 2.23. The van der Waals surface area contributed by atoms with Crippen LogP contribution in [0.2, 0.25) is 0 Å². The van der Waals surface area contributed by atoms with Crippen molar-refractivity contribution in [3.05, 3.63) is 48.0 Å².